The van der Waals surface area contributed by atoms with Crippen molar-refractivity contribution in [2.45, 2.75) is 26.7 Å². The summed E-state index contributed by atoms with van der Waals surface area (Å²) in [6, 6.07) is 8.06. The molecule has 0 aliphatic carbocycles. The van der Waals surface area contributed by atoms with Crippen LogP contribution in [0.15, 0.2) is 30.5 Å². The number of amides is 2. The Bertz CT molecular complexity index is 646. The summed E-state index contributed by atoms with van der Waals surface area (Å²) in [7, 11) is 0. The minimum atomic E-state index is -0.0300. The molecule has 0 fully saturated rings. The molecule has 0 bridgehead atoms. The van der Waals surface area contributed by atoms with E-state index < -0.39 is 0 Å². The molecule has 22 heavy (non-hydrogen) atoms. The quantitative estimate of drug-likeness (QED) is 0.684. The van der Waals surface area contributed by atoms with Crippen LogP contribution in [0.1, 0.15) is 25.8 Å². The van der Waals surface area contributed by atoms with Gasteiger partial charge in [-0.25, -0.2) is 0 Å². The number of hydrogen-bond acceptors (Lipinski definition) is 2. The first-order chi connectivity index (χ1) is 10.6. The van der Waals surface area contributed by atoms with E-state index in [2.05, 4.69) is 21.7 Å². The minimum Gasteiger partial charge on any atom is -0.361 e. The molecule has 1 aromatic carbocycles. The van der Waals surface area contributed by atoms with Crippen molar-refractivity contribution in [1.29, 1.82) is 0 Å². The molecule has 2 aromatic rings. The van der Waals surface area contributed by atoms with Crippen LogP contribution in [-0.4, -0.2) is 29.9 Å². The summed E-state index contributed by atoms with van der Waals surface area (Å²) in [6.45, 7) is 4.62. The van der Waals surface area contributed by atoms with Gasteiger partial charge in [0, 0.05) is 42.5 Å². The largest absolute Gasteiger partial charge is 0.361 e. The number of aromatic amines is 1. The van der Waals surface area contributed by atoms with Crippen LogP contribution in [-0.2, 0) is 16.0 Å². The van der Waals surface area contributed by atoms with Crippen LogP contribution in [0.5, 0.6) is 0 Å². The van der Waals surface area contributed by atoms with Crippen molar-refractivity contribution in [1.82, 2.24) is 15.6 Å². The van der Waals surface area contributed by atoms with E-state index in [0.717, 1.165) is 11.1 Å². The molecule has 0 aliphatic heterocycles. The second-order valence-corrected chi connectivity index (χ2v) is 5.66. The van der Waals surface area contributed by atoms with E-state index >= 15 is 0 Å². The lowest BCUT2D eigenvalue weighted by molar-refractivity contribution is -0.124. The van der Waals surface area contributed by atoms with E-state index in [1.807, 2.05) is 38.2 Å². The molecule has 0 saturated carbocycles. The zero-order valence-corrected chi connectivity index (χ0v) is 13.1. The van der Waals surface area contributed by atoms with E-state index in [4.69, 9.17) is 0 Å². The number of hydrogen-bond donors (Lipinski definition) is 3. The summed E-state index contributed by atoms with van der Waals surface area (Å²) in [6.07, 6.45) is 3.11. The second kappa shape index (κ2) is 7.64. The van der Waals surface area contributed by atoms with E-state index in [1.165, 1.54) is 5.39 Å². The summed E-state index contributed by atoms with van der Waals surface area (Å²) in [4.78, 5) is 26.4. The predicted octanol–water partition coefficient (Wildman–Crippen LogP) is 1.99. The number of rotatable bonds is 7. The fourth-order valence-electron chi connectivity index (χ4n) is 2.27. The van der Waals surface area contributed by atoms with Crippen LogP contribution in [0, 0.1) is 5.92 Å². The van der Waals surface area contributed by atoms with Gasteiger partial charge in [-0.2, -0.15) is 0 Å². The fourth-order valence-corrected chi connectivity index (χ4v) is 2.27. The molecule has 118 valence electrons. The fraction of sp³-hybridized carbons (Fsp3) is 0.412. The summed E-state index contributed by atoms with van der Waals surface area (Å²) in [5.74, 6) is -0.0188. The van der Waals surface area contributed by atoms with Gasteiger partial charge in [0.25, 0.3) is 0 Å². The summed E-state index contributed by atoms with van der Waals surface area (Å²) in [5.41, 5.74) is 2.24. The van der Waals surface area contributed by atoms with Gasteiger partial charge < -0.3 is 15.6 Å². The zero-order chi connectivity index (χ0) is 15.9. The molecular weight excluding hydrogens is 278 g/mol. The number of aromatic nitrogens is 1. The molecule has 0 spiro atoms. The van der Waals surface area contributed by atoms with Crippen molar-refractivity contribution in [3.63, 3.8) is 0 Å². The van der Waals surface area contributed by atoms with Crippen molar-refractivity contribution in [3.8, 4) is 0 Å². The highest BCUT2D eigenvalue weighted by Gasteiger charge is 2.07. The molecule has 3 N–H and O–H groups in total. The molecule has 0 radical (unpaired) electrons. The monoisotopic (exact) mass is 301 g/mol. The third-order valence-corrected chi connectivity index (χ3v) is 3.57. The van der Waals surface area contributed by atoms with Crippen LogP contribution >= 0.6 is 0 Å². The smallest absolute Gasteiger partial charge is 0.222 e. The molecule has 1 aromatic heterocycles. The molecule has 2 rings (SSSR count). The van der Waals surface area contributed by atoms with E-state index in [-0.39, 0.29) is 17.7 Å². The third-order valence-electron chi connectivity index (χ3n) is 3.57. The number of nitrogens with one attached hydrogen (secondary N) is 3. The number of H-pyrrole nitrogens is 1. The average Bonchev–Trinajstić information content (AvgIpc) is 2.92. The minimum absolute atomic E-state index is 0.00378. The normalized spacial score (nSPS) is 10.9. The number of carbonyl (C=O) groups excluding carboxylic acids is 2. The summed E-state index contributed by atoms with van der Waals surface area (Å²) in [5, 5.41) is 6.76. The Kier molecular flexibility index (Phi) is 5.58. The van der Waals surface area contributed by atoms with Crippen LogP contribution in [0.4, 0.5) is 0 Å². The van der Waals surface area contributed by atoms with Gasteiger partial charge in [0.05, 0.1) is 0 Å². The average molecular weight is 301 g/mol. The summed E-state index contributed by atoms with van der Waals surface area (Å²) >= 11 is 0. The van der Waals surface area contributed by atoms with Gasteiger partial charge in [-0.3, -0.25) is 9.59 Å². The van der Waals surface area contributed by atoms with E-state index in [1.54, 1.807) is 0 Å². The Morgan fingerprint density at radius 1 is 1.14 bits per heavy atom. The maximum atomic E-state index is 11.8. The third kappa shape index (κ3) is 4.35. The first kappa shape index (κ1) is 16.1. The van der Waals surface area contributed by atoms with Gasteiger partial charge in [0.1, 0.15) is 0 Å². The number of para-hydroxylation sites is 1. The number of aryl methyl sites for hydroxylation is 1. The van der Waals surface area contributed by atoms with Crippen molar-refractivity contribution in [3.05, 3.63) is 36.0 Å². The second-order valence-electron chi connectivity index (χ2n) is 5.66. The van der Waals surface area contributed by atoms with E-state index in [0.29, 0.717) is 25.9 Å². The van der Waals surface area contributed by atoms with Crippen LogP contribution in [0.3, 0.4) is 0 Å². The molecule has 2 amide bonds. The lowest BCUT2D eigenvalue weighted by Crippen LogP contribution is -2.36. The Morgan fingerprint density at radius 3 is 2.64 bits per heavy atom. The highest BCUT2D eigenvalue weighted by molar-refractivity contribution is 5.84. The highest BCUT2D eigenvalue weighted by atomic mass is 16.2. The van der Waals surface area contributed by atoms with Crippen molar-refractivity contribution < 1.29 is 9.59 Å². The van der Waals surface area contributed by atoms with Gasteiger partial charge >= 0.3 is 0 Å². The van der Waals surface area contributed by atoms with Crippen LogP contribution in [0.2, 0.25) is 0 Å². The highest BCUT2D eigenvalue weighted by Crippen LogP contribution is 2.18. The summed E-state index contributed by atoms with van der Waals surface area (Å²) < 4.78 is 0. The van der Waals surface area contributed by atoms with Gasteiger partial charge in [-0.1, -0.05) is 32.0 Å². The SMILES string of the molecule is CC(C)C(=O)NCCNC(=O)CCc1c[nH]c2ccccc12. The van der Waals surface area contributed by atoms with Crippen molar-refractivity contribution in [2.75, 3.05) is 13.1 Å². The molecule has 1 heterocycles. The van der Waals surface area contributed by atoms with E-state index in [9.17, 15) is 9.59 Å². The van der Waals surface area contributed by atoms with Gasteiger partial charge in [-0.05, 0) is 18.1 Å². The Morgan fingerprint density at radius 2 is 1.86 bits per heavy atom. The van der Waals surface area contributed by atoms with Gasteiger partial charge in [0.15, 0.2) is 0 Å². The van der Waals surface area contributed by atoms with Crippen LogP contribution < -0.4 is 10.6 Å². The predicted molar refractivity (Wildman–Crippen MR) is 87.5 cm³/mol. The lowest BCUT2D eigenvalue weighted by Gasteiger charge is -2.08. The molecule has 0 aliphatic rings. The standard InChI is InChI=1S/C17H23N3O2/c1-12(2)17(22)19-10-9-18-16(21)8-7-13-11-20-15-6-4-3-5-14(13)15/h3-6,11-12,20H,7-10H2,1-2H3,(H,18,21)(H,19,22). The van der Waals surface area contributed by atoms with Gasteiger partial charge in [0.2, 0.25) is 11.8 Å². The van der Waals surface area contributed by atoms with Crippen LogP contribution in [0.25, 0.3) is 10.9 Å². The molecule has 5 heteroatoms. The zero-order valence-electron chi connectivity index (χ0n) is 13.1. The lowest BCUT2D eigenvalue weighted by atomic mass is 10.1. The first-order valence-corrected chi connectivity index (χ1v) is 7.67. The molecule has 0 unspecified atom stereocenters. The van der Waals surface area contributed by atoms with Gasteiger partial charge in [-0.15, -0.1) is 0 Å². The number of benzene rings is 1. The maximum absolute atomic E-state index is 11.8. The Labute approximate surface area is 130 Å². The topological polar surface area (TPSA) is 74.0 Å². The molecule has 0 atom stereocenters. The Hall–Kier alpha value is -2.30. The molecular formula is C17H23N3O2. The molecule has 5 nitrogen and oxygen atoms in total. The first-order valence-electron chi connectivity index (χ1n) is 7.67. The number of fused-ring (bicyclic) bond motifs is 1. The van der Waals surface area contributed by atoms with Crippen molar-refractivity contribution in [2.24, 2.45) is 5.92 Å². The molecule has 0 saturated heterocycles. The number of carbonyl (C=O) groups is 2. The van der Waals surface area contributed by atoms with Crippen molar-refractivity contribution >= 4 is 22.7 Å². The Balaban J connectivity index is 1.71. The maximum Gasteiger partial charge on any atom is 0.222 e.